The van der Waals surface area contributed by atoms with E-state index in [9.17, 15) is 0 Å². The molecule has 0 unspecified atom stereocenters. The highest BCUT2D eigenvalue weighted by Gasteiger charge is 1.56. The molecule has 0 saturated heterocycles. The molecule has 0 bridgehead atoms. The van der Waals surface area contributed by atoms with E-state index in [1.165, 1.54) is 0 Å². The molecule has 0 aliphatic heterocycles. The lowest BCUT2D eigenvalue weighted by molar-refractivity contribution is -0.116. The van der Waals surface area contributed by atoms with E-state index in [-0.39, 0.29) is 11.6 Å². The molecule has 0 aliphatic carbocycles. The summed E-state index contributed by atoms with van der Waals surface area (Å²) in [6, 6.07) is 0. The zero-order valence-electron chi connectivity index (χ0n) is 2.42. The quantitative estimate of drug-likeness (QED) is 0.184. The van der Waals surface area contributed by atoms with E-state index in [1.807, 2.05) is 0 Å². The van der Waals surface area contributed by atoms with Crippen LogP contribution in [0.5, 0.6) is 0 Å². The minimum Gasteiger partial charge on any atom is -0.742 e. The number of hydrazine groups is 1. The maximum absolute atomic E-state index is 9.14. The highest BCUT2D eigenvalue weighted by Crippen LogP contribution is 1.47. The first-order valence-corrected chi connectivity index (χ1v) is 0.935. The molecule has 2 N–H and O–H groups in total. The van der Waals surface area contributed by atoms with Crippen LogP contribution in [0, 0.1) is 5.21 Å². The first-order chi connectivity index (χ1) is 2.27. The van der Waals surface area contributed by atoms with Gasteiger partial charge >= 0.3 is 0 Å². The van der Waals surface area contributed by atoms with Crippen LogP contribution in [-0.4, -0.2) is 11.6 Å². The Kier molecular flexibility index (Phi) is 1.48. The molecule has 0 aromatic heterocycles. The molecule has 0 fully saturated rings. The number of hydroxylamine groups is 1. The van der Waals surface area contributed by atoms with E-state index >= 15 is 0 Å². The zero-order chi connectivity index (χ0) is 4.28. The number of carbonyl (C=O) groups is 1. The molecule has 4 nitrogen and oxygen atoms in total. The summed E-state index contributed by atoms with van der Waals surface area (Å²) >= 11 is 0. The predicted molar refractivity (Wildman–Crippen MR) is 15.5 cm³/mol. The van der Waals surface area contributed by atoms with Crippen molar-refractivity contribution in [3.63, 3.8) is 0 Å². The largest absolute Gasteiger partial charge is 0.742 e. The summed E-state index contributed by atoms with van der Waals surface area (Å²) in [5.74, 6) is 4.20. The zero-order valence-corrected chi connectivity index (χ0v) is 2.42. The van der Waals surface area contributed by atoms with E-state index in [4.69, 9.17) is 10.0 Å². The van der Waals surface area contributed by atoms with Crippen LogP contribution in [0.25, 0.3) is 0 Å². The first-order valence-electron chi connectivity index (χ1n) is 0.935. The van der Waals surface area contributed by atoms with Crippen molar-refractivity contribution in [2.75, 3.05) is 0 Å². The average molecular weight is 75.0 g/mol. The second-order valence-corrected chi connectivity index (χ2v) is 0.465. The molecule has 0 spiro atoms. The molecule has 0 aliphatic rings. The van der Waals surface area contributed by atoms with Gasteiger partial charge in [-0.1, -0.05) is 0 Å². The van der Waals surface area contributed by atoms with Gasteiger partial charge in [0.1, 0.15) is 0 Å². The molecule has 0 heterocycles. The van der Waals surface area contributed by atoms with E-state index in [1.54, 1.807) is 0 Å². The molecule has 4 heteroatoms. The average Bonchev–Trinajstić information content (AvgIpc) is 1.38. The van der Waals surface area contributed by atoms with Crippen molar-refractivity contribution in [2.24, 2.45) is 5.84 Å². The number of hydrogen-bond acceptors (Lipinski definition) is 3. The summed E-state index contributed by atoms with van der Waals surface area (Å²) in [6.07, 6.45) is -0.0278. The van der Waals surface area contributed by atoms with Crippen LogP contribution in [0.2, 0.25) is 0 Å². The molecule has 5 heavy (non-hydrogen) atoms. The fraction of sp³-hybridized carbons (Fsp3) is 0. The van der Waals surface area contributed by atoms with Crippen LogP contribution in [-0.2, 0) is 4.79 Å². The Morgan fingerprint density at radius 1 is 2.00 bits per heavy atom. The first kappa shape index (κ1) is 4.39. The summed E-state index contributed by atoms with van der Waals surface area (Å²) in [6.45, 7) is 0. The van der Waals surface area contributed by atoms with Gasteiger partial charge in [-0.3, -0.25) is 10.6 Å². The molecule has 0 atom stereocenters. The third-order valence-corrected chi connectivity index (χ3v) is 0.104. The maximum atomic E-state index is 9.14. The Morgan fingerprint density at radius 3 is 2.20 bits per heavy atom. The molecule has 30 valence electrons. The smallest absolute Gasteiger partial charge is 0.213 e. The van der Waals surface area contributed by atoms with Crippen LogP contribution >= 0.6 is 0 Å². The molecule has 0 rings (SSSR count). The number of nitrogens with two attached hydrogens (primary N) is 1. The van der Waals surface area contributed by atoms with Gasteiger partial charge in [-0.2, -0.15) is 0 Å². The lowest BCUT2D eigenvalue weighted by Gasteiger charge is -2.11. The monoisotopic (exact) mass is 75.0 g/mol. The summed E-state index contributed by atoms with van der Waals surface area (Å²) in [7, 11) is 0. The predicted octanol–water partition coefficient (Wildman–Crippen LogP) is -1.18. The van der Waals surface area contributed by atoms with Gasteiger partial charge in [0.25, 0.3) is 0 Å². The summed E-state index contributed by atoms with van der Waals surface area (Å²) < 4.78 is 0. The van der Waals surface area contributed by atoms with Gasteiger partial charge in [0.2, 0.25) is 6.41 Å². The van der Waals surface area contributed by atoms with Gasteiger partial charge in [-0.25, -0.2) is 0 Å². The number of hydrogen-bond donors (Lipinski definition) is 1. The van der Waals surface area contributed by atoms with Crippen LogP contribution in [0.4, 0.5) is 0 Å². The van der Waals surface area contributed by atoms with Crippen molar-refractivity contribution in [3.05, 3.63) is 5.21 Å². The van der Waals surface area contributed by atoms with Gasteiger partial charge < -0.3 is 10.4 Å². The standard InChI is InChI=1S/CH3N2O2/c2-3(5)1-4/h1H,2H2/q-1. The van der Waals surface area contributed by atoms with E-state index in [0.717, 1.165) is 0 Å². The summed E-state index contributed by atoms with van der Waals surface area (Å²) in [4.78, 5) is 8.99. The SMILES string of the molecule is NN([O-])C=O. The lowest BCUT2D eigenvalue weighted by atomic mass is 11.4. The Morgan fingerprint density at radius 2 is 2.20 bits per heavy atom. The molecule has 0 aromatic rings. The second-order valence-electron chi connectivity index (χ2n) is 0.465. The van der Waals surface area contributed by atoms with Crippen molar-refractivity contribution < 1.29 is 4.79 Å². The normalized spacial score (nSPS) is 6.80. The highest BCUT2D eigenvalue weighted by atomic mass is 16.5. The minimum absolute atomic E-state index is 0.0278. The van der Waals surface area contributed by atoms with Crippen LogP contribution in [0.15, 0.2) is 0 Å². The van der Waals surface area contributed by atoms with Crippen molar-refractivity contribution in [3.8, 4) is 0 Å². The summed E-state index contributed by atoms with van der Waals surface area (Å²) in [5.41, 5.74) is 0. The van der Waals surface area contributed by atoms with Crippen LogP contribution < -0.4 is 5.84 Å². The van der Waals surface area contributed by atoms with Gasteiger partial charge in [0.05, 0.1) is 0 Å². The Hall–Kier alpha value is -0.610. The minimum atomic E-state index is -0.306. The lowest BCUT2D eigenvalue weighted by Crippen LogP contribution is -2.20. The van der Waals surface area contributed by atoms with Crippen molar-refractivity contribution in [1.29, 1.82) is 0 Å². The van der Waals surface area contributed by atoms with E-state index in [0.29, 0.717) is 0 Å². The highest BCUT2D eigenvalue weighted by molar-refractivity contribution is 5.45. The van der Waals surface area contributed by atoms with Crippen molar-refractivity contribution in [2.45, 2.75) is 0 Å². The van der Waals surface area contributed by atoms with Crippen molar-refractivity contribution >= 4 is 6.41 Å². The molecule has 0 saturated carbocycles. The molecular formula is CH3N2O2-. The van der Waals surface area contributed by atoms with E-state index < -0.39 is 0 Å². The van der Waals surface area contributed by atoms with Gasteiger partial charge in [0, 0.05) is 0 Å². The second kappa shape index (κ2) is 1.68. The van der Waals surface area contributed by atoms with E-state index in [2.05, 4.69) is 5.84 Å². The third-order valence-electron chi connectivity index (χ3n) is 0.104. The van der Waals surface area contributed by atoms with Gasteiger partial charge in [0.15, 0.2) is 0 Å². The summed E-state index contributed by atoms with van der Waals surface area (Å²) in [5, 5.41) is 8.83. The molecule has 0 radical (unpaired) electrons. The topological polar surface area (TPSA) is 69.4 Å². The molecular weight excluding hydrogens is 72.0 g/mol. The third kappa shape index (κ3) is 3.39. The fourth-order valence-electron chi connectivity index (χ4n) is 0. The Bertz CT molecular complexity index is 34.6. The number of amides is 1. The molecule has 1 amide bonds. The number of nitrogens with zero attached hydrogens (tertiary/aromatic N) is 1. The van der Waals surface area contributed by atoms with Gasteiger partial charge in [-0.15, -0.1) is 0 Å². The van der Waals surface area contributed by atoms with Crippen LogP contribution in [0.3, 0.4) is 0 Å². The molecule has 0 aromatic carbocycles. The maximum Gasteiger partial charge on any atom is 0.213 e. The van der Waals surface area contributed by atoms with Crippen molar-refractivity contribution in [1.82, 2.24) is 5.17 Å². The van der Waals surface area contributed by atoms with Gasteiger partial charge in [-0.05, 0) is 0 Å². The Labute approximate surface area is 28.7 Å². The number of carbonyl (C=O) groups excluding carboxylic acids is 1. The fourth-order valence-corrected chi connectivity index (χ4v) is 0. The Balaban J connectivity index is 2.83. The number of rotatable bonds is 1. The van der Waals surface area contributed by atoms with Crippen LogP contribution in [0.1, 0.15) is 0 Å².